The second kappa shape index (κ2) is 6.97. The van der Waals surface area contributed by atoms with Crippen LogP contribution in [0.2, 0.25) is 0 Å². The van der Waals surface area contributed by atoms with E-state index < -0.39 is 29.0 Å². The number of amides is 1. The minimum atomic E-state index is -1.02. The first-order chi connectivity index (χ1) is 14.7. The van der Waals surface area contributed by atoms with Crippen molar-refractivity contribution < 1.29 is 24.2 Å². The first-order valence-corrected chi connectivity index (χ1v) is 11.4. The van der Waals surface area contributed by atoms with Gasteiger partial charge in [0.2, 0.25) is 5.91 Å². The molecule has 31 heavy (non-hydrogen) atoms. The van der Waals surface area contributed by atoms with Gasteiger partial charge in [0.25, 0.3) is 0 Å². The highest BCUT2D eigenvalue weighted by Crippen LogP contribution is 2.62. The largest absolute Gasteiger partial charge is 0.456 e. The summed E-state index contributed by atoms with van der Waals surface area (Å²) in [6, 6.07) is 7.13. The molecule has 2 aromatic rings. The fourth-order valence-electron chi connectivity index (χ4n) is 6.26. The fourth-order valence-corrected chi connectivity index (χ4v) is 7.09. The molecule has 4 bridgehead atoms. The van der Waals surface area contributed by atoms with E-state index in [2.05, 4.69) is 4.98 Å². The molecule has 8 heteroatoms. The van der Waals surface area contributed by atoms with E-state index in [-0.39, 0.29) is 29.7 Å². The average molecular weight is 441 g/mol. The Kier molecular flexibility index (Phi) is 4.57. The molecule has 5 atom stereocenters. The summed E-state index contributed by atoms with van der Waals surface area (Å²) in [4.78, 5) is 41.8. The van der Waals surface area contributed by atoms with Crippen LogP contribution in [0.4, 0.5) is 0 Å². The van der Waals surface area contributed by atoms with E-state index >= 15 is 0 Å². The lowest BCUT2D eigenvalue weighted by atomic mass is 9.46. The van der Waals surface area contributed by atoms with Crippen LogP contribution in [0.1, 0.15) is 59.9 Å². The van der Waals surface area contributed by atoms with Crippen molar-refractivity contribution in [1.82, 2.24) is 4.98 Å². The smallest absolute Gasteiger partial charge is 0.358 e. The Morgan fingerprint density at radius 1 is 1.23 bits per heavy atom. The van der Waals surface area contributed by atoms with E-state index in [1.165, 1.54) is 18.3 Å². The second-order valence-corrected chi connectivity index (χ2v) is 10.2. The number of thiazole rings is 1. The topological polar surface area (TPSA) is 120 Å². The molecule has 162 valence electrons. The number of carbonyl (C=O) groups is 3. The molecule has 0 aliphatic heterocycles. The lowest BCUT2D eigenvalue weighted by Crippen LogP contribution is -2.67. The third kappa shape index (κ3) is 3.20. The molecule has 4 aliphatic rings. The van der Waals surface area contributed by atoms with Gasteiger partial charge in [0.05, 0.1) is 11.0 Å². The number of aromatic nitrogens is 1. The second-order valence-electron chi connectivity index (χ2n) is 9.36. The standard InChI is InChI=1S/C23H24N2O5S/c1-12(26)15-4-2-3-5-16(15)19-25-17(10-31-19)20(27)30-18-14-6-13-7-22(29,9-14)11-23(18,8-13)21(24)28/h2-5,10,13-14,18,29H,6-9,11H2,1H3,(H2,24,28). The van der Waals surface area contributed by atoms with Crippen LogP contribution in [-0.4, -0.2) is 39.5 Å². The van der Waals surface area contributed by atoms with E-state index in [4.69, 9.17) is 10.5 Å². The van der Waals surface area contributed by atoms with Gasteiger partial charge in [0, 0.05) is 22.4 Å². The number of ether oxygens (including phenoxy) is 1. The molecular weight excluding hydrogens is 416 g/mol. The maximum atomic E-state index is 13.0. The van der Waals surface area contributed by atoms with Gasteiger partial charge in [-0.3, -0.25) is 9.59 Å². The average Bonchev–Trinajstić information content (AvgIpc) is 3.19. The third-order valence-corrected chi connectivity index (χ3v) is 8.07. The normalized spacial score (nSPS) is 33.3. The highest BCUT2D eigenvalue weighted by molar-refractivity contribution is 7.13. The third-order valence-electron chi connectivity index (χ3n) is 7.19. The minimum absolute atomic E-state index is 0.0788. The summed E-state index contributed by atoms with van der Waals surface area (Å²) in [5, 5.41) is 13.1. The summed E-state index contributed by atoms with van der Waals surface area (Å²) in [5.74, 6) is -1.04. The van der Waals surface area contributed by atoms with Gasteiger partial charge >= 0.3 is 5.97 Å². The molecule has 4 fully saturated rings. The number of nitrogens with two attached hydrogens (primary N) is 1. The molecule has 0 saturated heterocycles. The molecule has 1 aromatic carbocycles. The molecule has 1 amide bonds. The van der Waals surface area contributed by atoms with Crippen LogP contribution in [0.15, 0.2) is 29.6 Å². The van der Waals surface area contributed by atoms with Crippen LogP contribution in [0.3, 0.4) is 0 Å². The molecule has 0 spiro atoms. The van der Waals surface area contributed by atoms with Crippen molar-refractivity contribution in [1.29, 1.82) is 0 Å². The zero-order valence-corrected chi connectivity index (χ0v) is 18.0. The number of primary amides is 1. The first kappa shape index (κ1) is 20.3. The Labute approximate surface area is 183 Å². The zero-order chi connectivity index (χ0) is 22.0. The molecule has 1 aromatic heterocycles. The van der Waals surface area contributed by atoms with Crippen molar-refractivity contribution in [3.63, 3.8) is 0 Å². The quantitative estimate of drug-likeness (QED) is 0.545. The molecule has 1 heterocycles. The Bertz CT molecular complexity index is 1100. The molecular formula is C23H24N2O5S. The summed E-state index contributed by atoms with van der Waals surface area (Å²) in [5.41, 5.74) is 5.23. The summed E-state index contributed by atoms with van der Waals surface area (Å²) in [7, 11) is 0. The zero-order valence-electron chi connectivity index (χ0n) is 17.2. The molecule has 0 radical (unpaired) electrons. The molecule has 4 saturated carbocycles. The Balaban J connectivity index is 1.42. The van der Waals surface area contributed by atoms with Crippen LogP contribution in [0, 0.1) is 17.3 Å². The van der Waals surface area contributed by atoms with E-state index in [1.807, 2.05) is 6.07 Å². The Morgan fingerprint density at radius 3 is 2.71 bits per heavy atom. The maximum Gasteiger partial charge on any atom is 0.358 e. The maximum absolute atomic E-state index is 13.0. The summed E-state index contributed by atoms with van der Waals surface area (Å²) >= 11 is 1.26. The number of ketones is 1. The van der Waals surface area contributed by atoms with Crippen LogP contribution < -0.4 is 5.73 Å². The van der Waals surface area contributed by atoms with E-state index in [9.17, 15) is 19.5 Å². The molecule has 6 rings (SSSR count). The lowest BCUT2D eigenvalue weighted by Gasteiger charge is -2.61. The van der Waals surface area contributed by atoms with Crippen molar-refractivity contribution >= 4 is 29.0 Å². The number of carbonyl (C=O) groups excluding carboxylic acids is 3. The van der Waals surface area contributed by atoms with Gasteiger partial charge in [-0.15, -0.1) is 11.3 Å². The molecule has 4 aliphatic carbocycles. The van der Waals surface area contributed by atoms with Crippen LogP contribution in [0.25, 0.3) is 10.6 Å². The number of aliphatic hydroxyl groups is 1. The highest BCUT2D eigenvalue weighted by atomic mass is 32.1. The van der Waals surface area contributed by atoms with Gasteiger partial charge in [-0.1, -0.05) is 24.3 Å². The summed E-state index contributed by atoms with van der Waals surface area (Å²) in [6.45, 7) is 1.49. The van der Waals surface area contributed by atoms with Crippen molar-refractivity contribution in [2.24, 2.45) is 23.0 Å². The number of esters is 1. The Morgan fingerprint density at radius 2 is 2.00 bits per heavy atom. The van der Waals surface area contributed by atoms with Crippen molar-refractivity contribution in [2.75, 3.05) is 0 Å². The number of Topliss-reactive ketones (excluding diaryl/α,β-unsaturated/α-hetero) is 1. The number of benzene rings is 1. The monoisotopic (exact) mass is 440 g/mol. The minimum Gasteiger partial charge on any atom is -0.456 e. The van der Waals surface area contributed by atoms with Gasteiger partial charge in [-0.25, -0.2) is 9.78 Å². The summed E-state index contributed by atoms with van der Waals surface area (Å²) in [6.07, 6.45) is 2.17. The van der Waals surface area contributed by atoms with Crippen molar-refractivity contribution in [3.05, 3.63) is 40.9 Å². The highest BCUT2D eigenvalue weighted by Gasteiger charge is 2.66. The van der Waals surface area contributed by atoms with Gasteiger partial charge in [0.1, 0.15) is 11.1 Å². The number of hydrogen-bond acceptors (Lipinski definition) is 7. The van der Waals surface area contributed by atoms with Crippen LogP contribution in [0.5, 0.6) is 0 Å². The van der Waals surface area contributed by atoms with Gasteiger partial charge in [-0.2, -0.15) is 0 Å². The van der Waals surface area contributed by atoms with Gasteiger partial charge in [0.15, 0.2) is 11.5 Å². The number of hydrogen-bond donors (Lipinski definition) is 2. The predicted octanol–water partition coefficient (Wildman–Crippen LogP) is 2.96. The first-order valence-electron chi connectivity index (χ1n) is 10.5. The van der Waals surface area contributed by atoms with Gasteiger partial charge < -0.3 is 15.6 Å². The van der Waals surface area contributed by atoms with Crippen molar-refractivity contribution in [3.8, 4) is 10.6 Å². The lowest BCUT2D eigenvalue weighted by molar-refractivity contribution is -0.217. The van der Waals surface area contributed by atoms with Crippen LogP contribution in [-0.2, 0) is 9.53 Å². The van der Waals surface area contributed by atoms with Gasteiger partial charge in [-0.05, 0) is 44.9 Å². The molecule has 5 unspecified atom stereocenters. The predicted molar refractivity (Wildman–Crippen MR) is 113 cm³/mol. The Hall–Kier alpha value is -2.58. The number of rotatable bonds is 5. The summed E-state index contributed by atoms with van der Waals surface area (Å²) < 4.78 is 5.88. The van der Waals surface area contributed by atoms with Crippen LogP contribution >= 0.6 is 11.3 Å². The van der Waals surface area contributed by atoms with E-state index in [0.29, 0.717) is 35.4 Å². The SMILES string of the molecule is CC(=O)c1ccccc1-c1nc(C(=O)OC2C3CC4CC(O)(C3)CC2(C(N)=O)C4)cs1. The molecule has 7 nitrogen and oxygen atoms in total. The number of nitrogens with zero attached hydrogens (tertiary/aromatic N) is 1. The van der Waals surface area contributed by atoms with E-state index in [0.717, 1.165) is 6.42 Å². The van der Waals surface area contributed by atoms with Crippen molar-refractivity contribution in [2.45, 2.75) is 50.7 Å². The molecule has 3 N–H and O–H groups in total. The fraction of sp³-hybridized carbons (Fsp3) is 0.478. The van der Waals surface area contributed by atoms with E-state index in [1.54, 1.807) is 23.6 Å².